The zero-order valence-electron chi connectivity index (χ0n) is 11.9. The number of hydrogen-bond acceptors (Lipinski definition) is 3. The zero-order valence-corrected chi connectivity index (χ0v) is 11.9. The molecule has 0 spiro atoms. The molecule has 0 aromatic rings. The minimum atomic E-state index is -0.281. The van der Waals surface area contributed by atoms with Crippen molar-refractivity contribution >= 4 is 5.91 Å². The Bertz CT molecular complexity index is 262. The van der Waals surface area contributed by atoms with E-state index in [1.807, 2.05) is 44.8 Å². The molecular weight excluding hydrogens is 214 g/mol. The van der Waals surface area contributed by atoms with Gasteiger partial charge < -0.3 is 4.90 Å². The van der Waals surface area contributed by atoms with Crippen molar-refractivity contribution < 1.29 is 4.79 Å². The van der Waals surface area contributed by atoms with Gasteiger partial charge in [0, 0.05) is 31.6 Å². The van der Waals surface area contributed by atoms with E-state index in [2.05, 4.69) is 0 Å². The van der Waals surface area contributed by atoms with Crippen LogP contribution in [0.3, 0.4) is 0 Å². The highest BCUT2D eigenvalue weighted by Crippen LogP contribution is 2.27. The highest BCUT2D eigenvalue weighted by atomic mass is 16.2. The fraction of sp³-hybridized carbons (Fsp3) is 0.923. The van der Waals surface area contributed by atoms with Crippen LogP contribution in [0.2, 0.25) is 0 Å². The molecule has 0 aromatic heterocycles. The molecule has 1 saturated carbocycles. The molecule has 1 amide bonds. The first-order valence-corrected chi connectivity index (χ1v) is 6.48. The molecule has 0 aliphatic heterocycles. The molecule has 100 valence electrons. The Kier molecular flexibility index (Phi) is 4.55. The maximum atomic E-state index is 12.2. The summed E-state index contributed by atoms with van der Waals surface area (Å²) in [6.45, 7) is 5.93. The third-order valence-corrected chi connectivity index (χ3v) is 3.75. The summed E-state index contributed by atoms with van der Waals surface area (Å²) in [7, 11) is 3.86. The lowest BCUT2D eigenvalue weighted by molar-refractivity contribution is -0.141. The molecule has 0 atom stereocenters. The largest absolute Gasteiger partial charge is 0.342 e. The van der Waals surface area contributed by atoms with Crippen LogP contribution in [0, 0.1) is 5.41 Å². The van der Waals surface area contributed by atoms with Gasteiger partial charge in [-0.1, -0.05) is 20.8 Å². The van der Waals surface area contributed by atoms with Crippen LogP contribution in [0.5, 0.6) is 0 Å². The van der Waals surface area contributed by atoms with E-state index in [4.69, 9.17) is 5.84 Å². The first-order valence-electron chi connectivity index (χ1n) is 6.48. The summed E-state index contributed by atoms with van der Waals surface area (Å²) in [6.07, 6.45) is 4.29. The van der Waals surface area contributed by atoms with Crippen LogP contribution in [-0.4, -0.2) is 42.0 Å². The van der Waals surface area contributed by atoms with Crippen molar-refractivity contribution in [3.8, 4) is 0 Å². The van der Waals surface area contributed by atoms with Gasteiger partial charge >= 0.3 is 0 Å². The second kappa shape index (κ2) is 5.36. The second-order valence-electron chi connectivity index (χ2n) is 6.29. The van der Waals surface area contributed by atoms with Crippen molar-refractivity contribution in [2.24, 2.45) is 11.3 Å². The van der Waals surface area contributed by atoms with E-state index in [0.29, 0.717) is 12.1 Å². The number of nitrogens with two attached hydrogens (primary N) is 1. The maximum Gasteiger partial charge on any atom is 0.227 e. The monoisotopic (exact) mass is 241 g/mol. The predicted molar refractivity (Wildman–Crippen MR) is 70.2 cm³/mol. The molecule has 1 aliphatic rings. The maximum absolute atomic E-state index is 12.2. The smallest absolute Gasteiger partial charge is 0.227 e. The van der Waals surface area contributed by atoms with Crippen LogP contribution in [-0.2, 0) is 4.79 Å². The molecule has 0 saturated heterocycles. The van der Waals surface area contributed by atoms with E-state index in [1.165, 1.54) is 0 Å². The summed E-state index contributed by atoms with van der Waals surface area (Å²) in [5, 5.41) is 1.81. The van der Waals surface area contributed by atoms with Gasteiger partial charge in [-0.05, 0) is 25.7 Å². The lowest BCUT2D eigenvalue weighted by Gasteiger charge is -2.38. The lowest BCUT2D eigenvalue weighted by Crippen LogP contribution is -2.48. The molecule has 0 aromatic carbocycles. The minimum absolute atomic E-state index is 0.238. The van der Waals surface area contributed by atoms with Gasteiger partial charge in [0.1, 0.15) is 0 Å². The van der Waals surface area contributed by atoms with E-state index >= 15 is 0 Å². The van der Waals surface area contributed by atoms with Crippen LogP contribution < -0.4 is 5.84 Å². The average Bonchev–Trinajstić information content (AvgIpc) is 2.26. The zero-order chi connectivity index (χ0) is 13.2. The summed E-state index contributed by atoms with van der Waals surface area (Å²) in [6, 6.07) is 0.863. The quantitative estimate of drug-likeness (QED) is 0.590. The Hall–Kier alpha value is -0.610. The van der Waals surface area contributed by atoms with Crippen LogP contribution in [0.1, 0.15) is 46.5 Å². The molecule has 0 radical (unpaired) electrons. The van der Waals surface area contributed by atoms with Gasteiger partial charge in [-0.3, -0.25) is 10.6 Å². The van der Waals surface area contributed by atoms with Crippen LogP contribution in [0.15, 0.2) is 0 Å². The topological polar surface area (TPSA) is 49.6 Å². The Labute approximate surface area is 105 Å². The van der Waals surface area contributed by atoms with Gasteiger partial charge in [0.15, 0.2) is 0 Å². The molecule has 1 rings (SSSR count). The third-order valence-electron chi connectivity index (χ3n) is 3.75. The summed E-state index contributed by atoms with van der Waals surface area (Å²) in [4.78, 5) is 14.1. The van der Waals surface area contributed by atoms with Gasteiger partial charge in [0.25, 0.3) is 0 Å². The van der Waals surface area contributed by atoms with E-state index in [9.17, 15) is 4.79 Å². The van der Waals surface area contributed by atoms with Crippen molar-refractivity contribution in [2.75, 3.05) is 14.1 Å². The molecule has 1 aliphatic carbocycles. The first-order chi connectivity index (χ1) is 7.73. The second-order valence-corrected chi connectivity index (χ2v) is 6.29. The van der Waals surface area contributed by atoms with E-state index < -0.39 is 0 Å². The fourth-order valence-electron chi connectivity index (χ4n) is 2.55. The van der Waals surface area contributed by atoms with E-state index in [-0.39, 0.29) is 11.3 Å². The van der Waals surface area contributed by atoms with Gasteiger partial charge in [-0.2, -0.15) is 0 Å². The van der Waals surface area contributed by atoms with Gasteiger partial charge in [-0.25, -0.2) is 5.01 Å². The molecule has 0 bridgehead atoms. The van der Waals surface area contributed by atoms with Crippen LogP contribution in [0.25, 0.3) is 0 Å². The lowest BCUT2D eigenvalue weighted by atomic mass is 9.88. The van der Waals surface area contributed by atoms with Crippen molar-refractivity contribution in [3.63, 3.8) is 0 Å². The van der Waals surface area contributed by atoms with Crippen LogP contribution in [0.4, 0.5) is 0 Å². The molecule has 17 heavy (non-hydrogen) atoms. The number of amides is 1. The van der Waals surface area contributed by atoms with Gasteiger partial charge in [0.2, 0.25) is 5.91 Å². The molecule has 0 heterocycles. The molecule has 2 N–H and O–H groups in total. The number of hydrogen-bond donors (Lipinski definition) is 1. The van der Waals surface area contributed by atoms with Gasteiger partial charge in [-0.15, -0.1) is 0 Å². The average molecular weight is 241 g/mol. The Balaban J connectivity index is 2.52. The van der Waals surface area contributed by atoms with Gasteiger partial charge in [0.05, 0.1) is 0 Å². The van der Waals surface area contributed by atoms with Crippen molar-refractivity contribution in [3.05, 3.63) is 0 Å². The van der Waals surface area contributed by atoms with Crippen molar-refractivity contribution in [1.29, 1.82) is 0 Å². The van der Waals surface area contributed by atoms with Crippen molar-refractivity contribution in [1.82, 2.24) is 9.91 Å². The van der Waals surface area contributed by atoms with Crippen molar-refractivity contribution in [2.45, 2.75) is 58.5 Å². The number of rotatable bonds is 2. The summed E-state index contributed by atoms with van der Waals surface area (Å²) < 4.78 is 0. The predicted octanol–water partition coefficient (Wildman–Crippen LogP) is 1.61. The minimum Gasteiger partial charge on any atom is -0.342 e. The number of carbonyl (C=O) groups is 1. The number of nitrogens with zero attached hydrogens (tertiary/aromatic N) is 2. The molecule has 4 nitrogen and oxygen atoms in total. The van der Waals surface area contributed by atoms with E-state index in [1.54, 1.807) is 0 Å². The van der Waals surface area contributed by atoms with Crippen LogP contribution >= 0.6 is 0 Å². The highest BCUT2D eigenvalue weighted by molar-refractivity contribution is 5.81. The number of carbonyl (C=O) groups excluding carboxylic acids is 1. The highest BCUT2D eigenvalue weighted by Gasteiger charge is 2.32. The molecular formula is C13H27N3O. The standard InChI is InChI=1S/C13H27N3O/c1-13(2,3)12(17)15(4)10-6-8-11(9-7-10)16(5)14/h10-11H,6-9,14H2,1-5H3. The number of hydrazine groups is 1. The Morgan fingerprint density at radius 3 is 1.82 bits per heavy atom. The molecule has 0 unspecified atom stereocenters. The first kappa shape index (κ1) is 14.5. The summed E-state index contributed by atoms with van der Waals surface area (Å²) >= 11 is 0. The molecule has 4 heteroatoms. The SMILES string of the molecule is CN(N)C1CCC(N(C)C(=O)C(C)(C)C)CC1. The molecule has 1 fully saturated rings. The normalized spacial score (nSPS) is 26.1. The van der Waals surface area contributed by atoms with E-state index in [0.717, 1.165) is 25.7 Å². The summed E-state index contributed by atoms with van der Waals surface area (Å²) in [5.74, 6) is 6.01. The Morgan fingerprint density at radius 1 is 1.06 bits per heavy atom. The third kappa shape index (κ3) is 3.68. The summed E-state index contributed by atoms with van der Waals surface area (Å²) in [5.41, 5.74) is -0.281. The fourth-order valence-corrected chi connectivity index (χ4v) is 2.55. The Morgan fingerprint density at radius 2 is 1.47 bits per heavy atom.